The molecule has 2 nitrogen and oxygen atoms in total. The Morgan fingerprint density at radius 1 is 1.58 bits per heavy atom. The SMILES string of the molecule is O=C(O)CCC1CCCC1(F)F. The Morgan fingerprint density at radius 2 is 2.25 bits per heavy atom. The first-order valence-corrected chi connectivity index (χ1v) is 4.12. The van der Waals surface area contributed by atoms with E-state index >= 15 is 0 Å². The van der Waals surface area contributed by atoms with E-state index in [0.29, 0.717) is 12.8 Å². The van der Waals surface area contributed by atoms with E-state index in [1.165, 1.54) is 0 Å². The van der Waals surface area contributed by atoms with Gasteiger partial charge in [0.1, 0.15) is 0 Å². The van der Waals surface area contributed by atoms with E-state index in [1.807, 2.05) is 0 Å². The highest BCUT2D eigenvalue weighted by molar-refractivity contribution is 5.66. The smallest absolute Gasteiger partial charge is 0.303 e. The van der Waals surface area contributed by atoms with Gasteiger partial charge in [-0.05, 0) is 19.3 Å². The molecule has 0 heterocycles. The van der Waals surface area contributed by atoms with Gasteiger partial charge in [0, 0.05) is 18.8 Å². The first-order chi connectivity index (χ1) is 5.52. The number of hydrogen-bond acceptors (Lipinski definition) is 1. The lowest BCUT2D eigenvalue weighted by Gasteiger charge is -2.17. The largest absolute Gasteiger partial charge is 0.481 e. The summed E-state index contributed by atoms with van der Waals surface area (Å²) < 4.78 is 25.7. The van der Waals surface area contributed by atoms with Crippen molar-refractivity contribution >= 4 is 5.97 Å². The van der Waals surface area contributed by atoms with Gasteiger partial charge in [-0.1, -0.05) is 0 Å². The maximum atomic E-state index is 12.9. The van der Waals surface area contributed by atoms with Crippen LogP contribution in [0.15, 0.2) is 0 Å². The molecule has 0 aromatic carbocycles. The van der Waals surface area contributed by atoms with Crippen molar-refractivity contribution in [3.05, 3.63) is 0 Å². The van der Waals surface area contributed by atoms with Crippen molar-refractivity contribution in [2.45, 2.75) is 38.0 Å². The first-order valence-electron chi connectivity index (χ1n) is 4.12. The number of carboxylic acids is 1. The van der Waals surface area contributed by atoms with Gasteiger partial charge in [-0.15, -0.1) is 0 Å². The molecule has 1 fully saturated rings. The van der Waals surface area contributed by atoms with Crippen molar-refractivity contribution < 1.29 is 18.7 Å². The van der Waals surface area contributed by atoms with Crippen LogP contribution in [0.3, 0.4) is 0 Å². The van der Waals surface area contributed by atoms with Crippen LogP contribution in [0, 0.1) is 5.92 Å². The lowest BCUT2D eigenvalue weighted by atomic mass is 9.99. The topological polar surface area (TPSA) is 37.3 Å². The van der Waals surface area contributed by atoms with E-state index in [9.17, 15) is 13.6 Å². The van der Waals surface area contributed by atoms with Crippen LogP contribution in [0.1, 0.15) is 32.1 Å². The van der Waals surface area contributed by atoms with E-state index in [2.05, 4.69) is 0 Å². The molecule has 12 heavy (non-hydrogen) atoms. The van der Waals surface area contributed by atoms with Gasteiger partial charge in [-0.2, -0.15) is 0 Å². The number of carboxylic acid groups (broad SMARTS) is 1. The summed E-state index contributed by atoms with van der Waals surface area (Å²) >= 11 is 0. The van der Waals surface area contributed by atoms with Crippen molar-refractivity contribution in [2.75, 3.05) is 0 Å². The fourth-order valence-corrected chi connectivity index (χ4v) is 1.65. The minimum Gasteiger partial charge on any atom is -0.481 e. The molecular formula is C8H12F2O2. The average Bonchev–Trinajstić information content (AvgIpc) is 2.25. The van der Waals surface area contributed by atoms with Crippen molar-refractivity contribution in [3.63, 3.8) is 0 Å². The van der Waals surface area contributed by atoms with E-state index in [-0.39, 0.29) is 19.3 Å². The minimum absolute atomic E-state index is 0.0721. The van der Waals surface area contributed by atoms with Gasteiger partial charge in [0.05, 0.1) is 0 Å². The molecule has 0 bridgehead atoms. The Balaban J connectivity index is 2.36. The third-order valence-corrected chi connectivity index (χ3v) is 2.37. The van der Waals surface area contributed by atoms with Gasteiger partial charge in [0.2, 0.25) is 0 Å². The average molecular weight is 178 g/mol. The molecule has 1 aliphatic carbocycles. The molecule has 1 unspecified atom stereocenters. The lowest BCUT2D eigenvalue weighted by Crippen LogP contribution is -2.22. The molecule has 0 spiro atoms. The third kappa shape index (κ3) is 2.16. The van der Waals surface area contributed by atoms with Gasteiger partial charge in [0.25, 0.3) is 5.92 Å². The van der Waals surface area contributed by atoms with Crippen molar-refractivity contribution in [1.29, 1.82) is 0 Å². The van der Waals surface area contributed by atoms with Crippen LogP contribution in [0.2, 0.25) is 0 Å². The fourth-order valence-electron chi connectivity index (χ4n) is 1.65. The third-order valence-electron chi connectivity index (χ3n) is 2.37. The highest BCUT2D eigenvalue weighted by Gasteiger charge is 2.43. The van der Waals surface area contributed by atoms with Crippen LogP contribution in [0.5, 0.6) is 0 Å². The highest BCUT2D eigenvalue weighted by Crippen LogP contribution is 2.42. The Bertz CT molecular complexity index is 180. The van der Waals surface area contributed by atoms with Crippen LogP contribution >= 0.6 is 0 Å². The van der Waals surface area contributed by atoms with E-state index in [1.54, 1.807) is 0 Å². The zero-order valence-corrected chi connectivity index (χ0v) is 6.72. The van der Waals surface area contributed by atoms with Gasteiger partial charge in [-0.3, -0.25) is 4.79 Å². The zero-order chi connectivity index (χ0) is 9.19. The van der Waals surface area contributed by atoms with Crippen LogP contribution in [0.25, 0.3) is 0 Å². The number of halogens is 2. The molecule has 1 saturated carbocycles. The number of rotatable bonds is 3. The Labute approximate surface area is 69.6 Å². The number of alkyl halides is 2. The molecule has 4 heteroatoms. The Morgan fingerprint density at radius 3 is 2.67 bits per heavy atom. The Hall–Kier alpha value is -0.670. The first kappa shape index (κ1) is 9.42. The van der Waals surface area contributed by atoms with E-state index in [4.69, 9.17) is 5.11 Å². The summed E-state index contributed by atoms with van der Waals surface area (Å²) in [5.41, 5.74) is 0. The normalized spacial score (nSPS) is 27.3. The molecule has 1 aliphatic rings. The molecule has 0 aromatic heterocycles. The van der Waals surface area contributed by atoms with Crippen molar-refractivity contribution in [1.82, 2.24) is 0 Å². The lowest BCUT2D eigenvalue weighted by molar-refractivity contribution is -0.138. The molecule has 0 aliphatic heterocycles. The molecule has 1 rings (SSSR count). The molecular weight excluding hydrogens is 166 g/mol. The summed E-state index contributed by atoms with van der Waals surface area (Å²) in [7, 11) is 0. The summed E-state index contributed by atoms with van der Waals surface area (Å²) in [5.74, 6) is -4.30. The summed E-state index contributed by atoms with van der Waals surface area (Å²) in [4.78, 5) is 10.1. The monoisotopic (exact) mass is 178 g/mol. The zero-order valence-electron chi connectivity index (χ0n) is 6.72. The summed E-state index contributed by atoms with van der Waals surface area (Å²) in [6.07, 6.45) is 0.900. The second-order valence-corrected chi connectivity index (χ2v) is 3.28. The number of aliphatic carboxylic acids is 1. The second kappa shape index (κ2) is 3.37. The molecule has 0 amide bonds. The van der Waals surface area contributed by atoms with Gasteiger partial charge < -0.3 is 5.11 Å². The summed E-state index contributed by atoms with van der Waals surface area (Å²) in [6, 6.07) is 0. The predicted octanol–water partition coefficient (Wildman–Crippen LogP) is 2.29. The van der Waals surface area contributed by atoms with Gasteiger partial charge in [-0.25, -0.2) is 8.78 Å². The standard InChI is InChI=1S/C8H12F2O2/c9-8(10)5-1-2-6(8)3-4-7(11)12/h6H,1-5H2,(H,11,12). The molecule has 0 radical (unpaired) electrons. The summed E-state index contributed by atoms with van der Waals surface area (Å²) in [5, 5.41) is 8.30. The predicted molar refractivity (Wildman–Crippen MR) is 39.2 cm³/mol. The minimum atomic E-state index is -2.62. The summed E-state index contributed by atoms with van der Waals surface area (Å²) in [6.45, 7) is 0. The molecule has 70 valence electrons. The molecule has 0 aromatic rings. The van der Waals surface area contributed by atoms with Crippen LogP contribution in [0.4, 0.5) is 8.78 Å². The number of hydrogen-bond donors (Lipinski definition) is 1. The highest BCUT2D eigenvalue weighted by atomic mass is 19.3. The van der Waals surface area contributed by atoms with E-state index < -0.39 is 17.8 Å². The van der Waals surface area contributed by atoms with Crippen LogP contribution in [-0.4, -0.2) is 17.0 Å². The fraction of sp³-hybridized carbons (Fsp3) is 0.875. The van der Waals surface area contributed by atoms with Gasteiger partial charge >= 0.3 is 5.97 Å². The van der Waals surface area contributed by atoms with Gasteiger partial charge in [0.15, 0.2) is 0 Å². The van der Waals surface area contributed by atoms with Crippen molar-refractivity contribution in [2.24, 2.45) is 5.92 Å². The molecule has 1 atom stereocenters. The van der Waals surface area contributed by atoms with Crippen LogP contribution < -0.4 is 0 Å². The molecule has 1 N–H and O–H groups in total. The quantitative estimate of drug-likeness (QED) is 0.719. The Kier molecular flexibility index (Phi) is 2.65. The maximum Gasteiger partial charge on any atom is 0.303 e. The second-order valence-electron chi connectivity index (χ2n) is 3.28. The van der Waals surface area contributed by atoms with Crippen LogP contribution in [-0.2, 0) is 4.79 Å². The van der Waals surface area contributed by atoms with E-state index in [0.717, 1.165) is 0 Å². The number of carbonyl (C=O) groups is 1. The molecule has 0 saturated heterocycles. The maximum absolute atomic E-state index is 12.9. The van der Waals surface area contributed by atoms with Crippen molar-refractivity contribution in [3.8, 4) is 0 Å².